The Morgan fingerprint density at radius 3 is 2.34 bits per heavy atom. The van der Waals surface area contributed by atoms with Crippen molar-refractivity contribution in [3.63, 3.8) is 0 Å². The van der Waals surface area contributed by atoms with Gasteiger partial charge in [-0.25, -0.2) is 4.98 Å². The molecule has 4 aromatic carbocycles. The van der Waals surface area contributed by atoms with Crippen LogP contribution in [0.4, 0.5) is 5.69 Å². The Bertz CT molecular complexity index is 3770. The molecule has 0 saturated carbocycles. The Labute approximate surface area is 512 Å². The average Bonchev–Trinajstić information content (AvgIpc) is 1.95. The molecule has 0 radical (unpaired) electrons. The summed E-state index contributed by atoms with van der Waals surface area (Å²) >= 11 is 1.56. The summed E-state index contributed by atoms with van der Waals surface area (Å²) in [5.41, 5.74) is 12.1. The quantitative estimate of drug-likeness (QED) is 0.0227. The molecule has 10 N–H and O–H groups in total. The lowest BCUT2D eigenvalue weighted by molar-refractivity contribution is -0.144. The second-order valence-corrected chi connectivity index (χ2v) is 26.0. The number of fused-ring (bicyclic) bond motifs is 1. The van der Waals surface area contributed by atoms with E-state index < -0.39 is 90.5 Å². The highest BCUT2D eigenvalue weighted by Gasteiger charge is 2.46. The summed E-state index contributed by atoms with van der Waals surface area (Å²) in [6.45, 7) is 9.55. The summed E-state index contributed by atoms with van der Waals surface area (Å²) in [6, 6.07) is 21.4. The van der Waals surface area contributed by atoms with E-state index in [4.69, 9.17) is 10.5 Å². The number of aliphatic hydroxyl groups excluding tert-OH is 1. The van der Waals surface area contributed by atoms with Gasteiger partial charge in [-0.15, -0.1) is 11.3 Å². The van der Waals surface area contributed by atoms with Crippen LogP contribution in [0.1, 0.15) is 127 Å². The lowest BCUT2D eigenvalue weighted by Crippen LogP contribution is -2.57. The van der Waals surface area contributed by atoms with E-state index in [1.54, 1.807) is 23.8 Å². The molecule has 0 bridgehead atoms. The molecule has 3 aliphatic heterocycles. The Morgan fingerprint density at radius 2 is 1.65 bits per heavy atom. The first kappa shape index (κ1) is 64.1. The van der Waals surface area contributed by atoms with Crippen LogP contribution in [0, 0.1) is 24.2 Å². The number of amides is 7. The van der Waals surface area contributed by atoms with Crippen molar-refractivity contribution in [2.24, 2.45) is 11.1 Å². The summed E-state index contributed by atoms with van der Waals surface area (Å²) in [5, 5.41) is 22.7. The van der Waals surface area contributed by atoms with Crippen LogP contribution in [0.15, 0.2) is 96.5 Å². The molecule has 0 spiro atoms. The van der Waals surface area contributed by atoms with Crippen LogP contribution in [0.2, 0.25) is 0 Å². The molecule has 7 atom stereocenters. The van der Waals surface area contributed by atoms with Crippen molar-refractivity contribution >= 4 is 82.4 Å². The summed E-state index contributed by atoms with van der Waals surface area (Å²) in [6.07, 6.45) is 0.319. The van der Waals surface area contributed by atoms with Gasteiger partial charge in [0.25, 0.3) is 11.4 Å². The molecule has 24 heteroatoms. The summed E-state index contributed by atoms with van der Waals surface area (Å²) in [5.74, 6) is 2.82. The van der Waals surface area contributed by atoms with Gasteiger partial charge in [0, 0.05) is 67.2 Å². The monoisotopic (exact) mass is 1240 g/mol. The number of hydrogen-bond acceptors (Lipinski definition) is 13. The zero-order valence-corrected chi connectivity index (χ0v) is 51.2. The van der Waals surface area contributed by atoms with Crippen molar-refractivity contribution in [2.45, 2.75) is 148 Å². The number of ether oxygens (including phenoxy) is 1. The molecule has 5 heterocycles. The number of hydrogen-bond donors (Lipinski definition) is 9. The largest absolute Gasteiger partial charge is 0.396 e. The van der Waals surface area contributed by atoms with Crippen molar-refractivity contribution in [2.75, 3.05) is 11.4 Å². The van der Waals surface area contributed by atoms with Gasteiger partial charge >= 0.3 is 7.60 Å². The maximum absolute atomic E-state index is 14.6. The second kappa shape index (κ2) is 27.4. The molecule has 1 saturated heterocycles. The molecule has 462 valence electrons. The number of aliphatic hydroxyl groups is 1. The molecule has 1 fully saturated rings. The lowest BCUT2D eigenvalue weighted by atomic mass is 9.85. The van der Waals surface area contributed by atoms with E-state index in [2.05, 4.69) is 43.1 Å². The van der Waals surface area contributed by atoms with E-state index in [0.29, 0.717) is 35.9 Å². The number of primary amides is 1. The van der Waals surface area contributed by atoms with Crippen LogP contribution in [0.25, 0.3) is 21.3 Å². The van der Waals surface area contributed by atoms with Crippen LogP contribution in [-0.2, 0) is 64.1 Å². The zero-order chi connectivity index (χ0) is 63.2. The molecule has 88 heavy (non-hydrogen) atoms. The maximum Gasteiger partial charge on any atom is 0.396 e. The first-order valence-corrected chi connectivity index (χ1v) is 31.6. The van der Waals surface area contributed by atoms with E-state index in [1.807, 2.05) is 94.4 Å². The van der Waals surface area contributed by atoms with Crippen molar-refractivity contribution in [3.8, 4) is 22.3 Å². The third-order valence-electron chi connectivity index (χ3n) is 16.1. The number of nitrogens with two attached hydrogens (primary N) is 1. The smallest absolute Gasteiger partial charge is 0.391 e. The molecule has 6 aromatic rings. The maximum atomic E-state index is 14.6. The zero-order valence-electron chi connectivity index (χ0n) is 49.5. The molecule has 7 amide bonds. The fourth-order valence-corrected chi connectivity index (χ4v) is 12.6. The fourth-order valence-electron chi connectivity index (χ4n) is 11.3. The van der Waals surface area contributed by atoms with Gasteiger partial charge in [0.15, 0.2) is 0 Å². The third-order valence-corrected chi connectivity index (χ3v) is 17.9. The molecule has 0 aliphatic carbocycles. The molecule has 0 unspecified atom stereocenters. The van der Waals surface area contributed by atoms with Gasteiger partial charge in [0.2, 0.25) is 35.4 Å². The van der Waals surface area contributed by atoms with Crippen LogP contribution in [-0.4, -0.2) is 126 Å². The number of likely N-dealkylation sites (tertiary alicyclic amines) is 1. The van der Waals surface area contributed by atoms with Crippen LogP contribution in [0.3, 0.4) is 0 Å². The van der Waals surface area contributed by atoms with Crippen LogP contribution in [0.5, 0.6) is 0 Å². The highest BCUT2D eigenvalue weighted by molar-refractivity contribution is 7.70. The van der Waals surface area contributed by atoms with Gasteiger partial charge in [-0.2, -0.15) is 0 Å². The number of unbranched alkanes of at least 4 members (excludes halogenated alkanes) is 1. The van der Waals surface area contributed by atoms with Crippen molar-refractivity contribution in [1.82, 2.24) is 36.1 Å². The highest BCUT2D eigenvalue weighted by Crippen LogP contribution is 2.41. The van der Waals surface area contributed by atoms with Crippen molar-refractivity contribution in [1.29, 1.82) is 0 Å². The molecule has 2 aromatic heterocycles. The average molecular weight is 1240 g/mol. The van der Waals surface area contributed by atoms with Crippen LogP contribution >= 0.6 is 18.9 Å². The van der Waals surface area contributed by atoms with Gasteiger partial charge in [-0.05, 0) is 109 Å². The standard InChI is InChI=1S/C64H72N9O13PS/c1-36-56(88-35-67-36)42-20-18-39(19-21-42)32-66-59(78)51-31-46(74)33-72(51)62(81)57(64(3,4)5)71-54(76)13-8-6-7-10-38-14-16-40(17-15-38)34-86-37(2)47(26-27-53(65)75)69-60(79)52-30-43-12-9-11-41-22-25-49(61(80)73(52)55(41)43)70-58(77)50-29-45-28-44(23-24-48(45)68-50)63(82)87(83,84)85/h9,11-12,14-21,23-24,28-29,35,37,46-47,49,51-52,57,68,74H,6,8,13,22,25-27,30-34H2,1-5H3,(H2,65,75)(H,66,78)(H,69,79)(H,70,77)(H,71,76)(H2,83,84,85)/t37-,46-,47+,49+,51+,52+,57-/m1/s1. The van der Waals surface area contributed by atoms with E-state index in [1.165, 1.54) is 34.1 Å². The Balaban J connectivity index is 0.752. The number of nitrogens with one attached hydrogen (secondary N) is 5. The minimum atomic E-state index is -5.06. The number of β-amino-alcohol motifs (C(OH)–C–C–N with tert-alkyl or cyclic N) is 1. The predicted molar refractivity (Wildman–Crippen MR) is 329 cm³/mol. The van der Waals surface area contributed by atoms with Gasteiger partial charge < -0.3 is 56.5 Å². The number of aromatic nitrogens is 2. The van der Waals surface area contributed by atoms with Gasteiger partial charge in [-0.3, -0.25) is 47.8 Å². The topological polar surface area (TPSA) is 333 Å². The second-order valence-electron chi connectivity index (χ2n) is 23.7. The SMILES string of the molecule is Cc1ncsc1-c1ccc(CNC(=O)[C@@H]2C[C@@H](O)CN2C(=O)[C@@H](NC(=O)CCCC#Cc2ccc(CO[C@H](C)[C@H](CCC(N)=O)NC(=O)[C@@H]3Cc4cccc5c4N3C(=O)[C@@H](NC(=O)c3cc4cc(C(=O)P(=O)(O)O)ccc4[nH]3)CC5)cc2)C(C)(C)C)cc1. The van der Waals surface area contributed by atoms with Gasteiger partial charge in [-0.1, -0.05) is 87.2 Å². The van der Waals surface area contributed by atoms with Gasteiger partial charge in [0.05, 0.1) is 46.6 Å². The van der Waals surface area contributed by atoms with E-state index in [-0.39, 0.29) is 81.3 Å². The summed E-state index contributed by atoms with van der Waals surface area (Å²) < 4.78 is 17.9. The van der Waals surface area contributed by atoms with Crippen molar-refractivity contribution < 1.29 is 62.6 Å². The minimum absolute atomic E-state index is 0.0338. The highest BCUT2D eigenvalue weighted by atomic mass is 32.1. The van der Waals surface area contributed by atoms with E-state index >= 15 is 0 Å². The molecular weight excluding hydrogens is 1170 g/mol. The number of para-hydroxylation sites is 1. The number of carbonyl (C=O) groups is 8. The first-order chi connectivity index (χ1) is 41.8. The molecule has 9 rings (SSSR count). The Morgan fingerprint density at radius 1 is 0.920 bits per heavy atom. The van der Waals surface area contributed by atoms with E-state index in [9.17, 15) is 57.8 Å². The lowest BCUT2D eigenvalue weighted by Gasteiger charge is -2.35. The molecule has 3 aliphatic rings. The first-order valence-electron chi connectivity index (χ1n) is 29.1. The number of H-pyrrole nitrogens is 1. The number of thiazole rings is 1. The van der Waals surface area contributed by atoms with Crippen molar-refractivity contribution in [3.05, 3.63) is 141 Å². The number of aryl methyl sites for hydroxylation is 2. The van der Waals surface area contributed by atoms with Gasteiger partial charge in [0.1, 0.15) is 29.9 Å². The Hall–Kier alpha value is -8.36. The summed E-state index contributed by atoms with van der Waals surface area (Å²) in [7, 11) is -5.06. The number of benzene rings is 4. The number of aromatic amines is 1. The van der Waals surface area contributed by atoms with E-state index in [0.717, 1.165) is 44.0 Å². The van der Waals surface area contributed by atoms with Crippen LogP contribution < -0.4 is 31.9 Å². The summed E-state index contributed by atoms with van der Waals surface area (Å²) in [4.78, 5) is 138. The molecule has 22 nitrogen and oxygen atoms in total. The molecular formula is C64H72N9O13PS. The normalized spacial score (nSPS) is 18.3. The fraction of sp³-hybridized carbons (Fsp3) is 0.391. The Kier molecular flexibility index (Phi) is 19.9. The predicted octanol–water partition coefficient (Wildman–Crippen LogP) is 5.61. The number of carbonyl (C=O) groups excluding carboxylic acids is 8. The number of rotatable bonds is 22. The number of nitrogens with zero attached hydrogens (tertiary/aromatic N) is 3. The third kappa shape index (κ3) is 15.3. The number of anilines is 1. The minimum Gasteiger partial charge on any atom is -0.391 e.